The van der Waals surface area contributed by atoms with Gasteiger partial charge in [0.2, 0.25) is 0 Å². The van der Waals surface area contributed by atoms with Crippen LogP contribution in [0.1, 0.15) is 29.9 Å². The molecule has 2 aromatic heterocycles. The first-order chi connectivity index (χ1) is 12.9. The van der Waals surface area contributed by atoms with E-state index in [2.05, 4.69) is 27.7 Å². The van der Waals surface area contributed by atoms with Crippen LogP contribution in [0.25, 0.3) is 0 Å². The average Bonchev–Trinajstić information content (AvgIpc) is 3.38. The van der Waals surface area contributed by atoms with Gasteiger partial charge in [-0.15, -0.1) is 35.3 Å². The van der Waals surface area contributed by atoms with Crippen molar-refractivity contribution in [3.8, 4) is 0 Å². The van der Waals surface area contributed by atoms with Crippen LogP contribution in [0.5, 0.6) is 0 Å². The molecule has 0 aromatic carbocycles. The Morgan fingerprint density at radius 1 is 1.30 bits per heavy atom. The molecule has 4 rings (SSSR count). The zero-order valence-electron chi connectivity index (χ0n) is 15.5. The molecule has 2 aromatic rings. The van der Waals surface area contributed by atoms with Crippen LogP contribution in [-0.2, 0) is 17.7 Å². The minimum absolute atomic E-state index is 0. The summed E-state index contributed by atoms with van der Waals surface area (Å²) >= 11 is 1.76. The van der Waals surface area contributed by atoms with Crippen molar-refractivity contribution in [2.45, 2.75) is 38.3 Å². The Morgan fingerprint density at radius 2 is 2.26 bits per heavy atom. The van der Waals surface area contributed by atoms with Gasteiger partial charge in [-0.3, -0.25) is 0 Å². The second kappa shape index (κ2) is 10.5. The fraction of sp³-hybridized carbons (Fsp3) is 0.550. The monoisotopic (exact) mass is 501 g/mol. The number of hydrogen-bond donors (Lipinski definition) is 1. The smallest absolute Gasteiger partial charge is 0.194 e. The molecule has 148 valence electrons. The number of fused-ring (bicyclic) bond motifs is 1. The van der Waals surface area contributed by atoms with Crippen molar-refractivity contribution in [3.63, 3.8) is 0 Å². The zero-order valence-corrected chi connectivity index (χ0v) is 18.7. The van der Waals surface area contributed by atoms with Crippen molar-refractivity contribution >= 4 is 41.3 Å². The number of guanidine groups is 1. The largest absolute Gasteiger partial charge is 0.469 e. The maximum absolute atomic E-state index is 5.96. The Kier molecular flexibility index (Phi) is 8.02. The number of likely N-dealkylation sites (tertiary alicyclic amines) is 1. The third-order valence-corrected chi connectivity index (χ3v) is 6.08. The van der Waals surface area contributed by atoms with Crippen molar-refractivity contribution < 1.29 is 9.15 Å². The molecule has 0 amide bonds. The summed E-state index contributed by atoms with van der Waals surface area (Å²) in [7, 11) is 0. The second-order valence-corrected chi connectivity index (χ2v) is 8.05. The Morgan fingerprint density at radius 3 is 3.07 bits per heavy atom. The van der Waals surface area contributed by atoms with Crippen LogP contribution in [0.15, 0.2) is 45.3 Å². The fourth-order valence-corrected chi connectivity index (χ4v) is 4.48. The topological polar surface area (TPSA) is 50.0 Å². The number of hydrogen-bond acceptors (Lipinski definition) is 4. The third-order valence-electron chi connectivity index (χ3n) is 5.21. The molecular weight excluding hydrogens is 473 g/mol. The summed E-state index contributed by atoms with van der Waals surface area (Å²) in [4.78, 5) is 8.64. The van der Waals surface area contributed by atoms with Gasteiger partial charge in [0.25, 0.3) is 0 Å². The van der Waals surface area contributed by atoms with E-state index in [4.69, 9.17) is 14.1 Å². The predicted octanol–water partition coefficient (Wildman–Crippen LogP) is 4.15. The zero-order chi connectivity index (χ0) is 17.6. The van der Waals surface area contributed by atoms with Crippen LogP contribution < -0.4 is 5.32 Å². The number of nitrogens with one attached hydrogen (secondary N) is 1. The molecule has 2 aliphatic rings. The molecule has 0 spiro atoms. The molecule has 0 radical (unpaired) electrons. The summed E-state index contributed by atoms with van der Waals surface area (Å²) in [5.74, 6) is 2.67. The van der Waals surface area contributed by atoms with Gasteiger partial charge in [-0.1, -0.05) is 6.07 Å². The van der Waals surface area contributed by atoms with Crippen LogP contribution in [0.4, 0.5) is 0 Å². The normalized spacial score (nSPS) is 22.8. The van der Waals surface area contributed by atoms with E-state index in [9.17, 15) is 0 Å². The van der Waals surface area contributed by atoms with Crippen molar-refractivity contribution in [3.05, 3.63) is 46.5 Å². The molecular formula is C20H28IN3O2S. The highest BCUT2D eigenvalue weighted by Gasteiger charge is 2.33. The highest BCUT2D eigenvalue weighted by atomic mass is 127. The lowest BCUT2D eigenvalue weighted by Gasteiger charge is -2.42. The lowest BCUT2D eigenvalue weighted by atomic mass is 9.88. The Hall–Kier alpha value is -1.06. The summed E-state index contributed by atoms with van der Waals surface area (Å²) in [6.07, 6.45) is 6.60. The van der Waals surface area contributed by atoms with Gasteiger partial charge >= 0.3 is 0 Å². The van der Waals surface area contributed by atoms with Crippen LogP contribution in [0.2, 0.25) is 0 Å². The molecule has 0 saturated carbocycles. The molecule has 2 atom stereocenters. The average molecular weight is 501 g/mol. The summed E-state index contributed by atoms with van der Waals surface area (Å²) in [5.41, 5.74) is 0. The van der Waals surface area contributed by atoms with Crippen molar-refractivity contribution in [2.24, 2.45) is 10.9 Å². The molecule has 0 aliphatic carbocycles. The number of piperidine rings is 1. The lowest BCUT2D eigenvalue weighted by Crippen LogP contribution is -2.52. The van der Waals surface area contributed by atoms with E-state index in [0.717, 1.165) is 57.3 Å². The van der Waals surface area contributed by atoms with Gasteiger partial charge in [-0.25, -0.2) is 4.99 Å². The number of rotatable bonds is 5. The van der Waals surface area contributed by atoms with Gasteiger partial charge in [0.05, 0.1) is 18.9 Å². The number of ether oxygens (including phenoxy) is 1. The molecule has 27 heavy (non-hydrogen) atoms. The molecule has 4 heterocycles. The first kappa shape index (κ1) is 20.7. The van der Waals surface area contributed by atoms with Crippen LogP contribution >= 0.6 is 35.3 Å². The second-order valence-electron chi connectivity index (χ2n) is 7.02. The van der Waals surface area contributed by atoms with Gasteiger partial charge < -0.3 is 19.4 Å². The van der Waals surface area contributed by atoms with Gasteiger partial charge in [-0.05, 0) is 42.8 Å². The standard InChI is InChI=1S/C20H27N3O2S.HI/c1-4-16-15-23(10-8-19(16)25-12-1)20(22-14-18-6-3-13-26-18)21-9-7-17-5-2-11-24-17;/h2-3,5-6,11,13,16,19H,1,4,7-10,12,14-15H2,(H,21,22);1H. The molecule has 2 unspecified atom stereocenters. The van der Waals surface area contributed by atoms with E-state index >= 15 is 0 Å². The van der Waals surface area contributed by atoms with Crippen LogP contribution in [0, 0.1) is 5.92 Å². The molecule has 1 N–H and O–H groups in total. The fourth-order valence-electron chi connectivity index (χ4n) is 3.86. The number of furan rings is 1. The van der Waals surface area contributed by atoms with Crippen LogP contribution in [0.3, 0.4) is 0 Å². The molecule has 7 heteroatoms. The van der Waals surface area contributed by atoms with Gasteiger partial charge in [-0.2, -0.15) is 0 Å². The van der Waals surface area contributed by atoms with E-state index in [0.29, 0.717) is 12.0 Å². The van der Waals surface area contributed by atoms with Crippen molar-refractivity contribution in [1.29, 1.82) is 0 Å². The van der Waals surface area contributed by atoms with E-state index in [1.165, 1.54) is 17.7 Å². The molecule has 2 aliphatic heterocycles. The SMILES string of the molecule is I.c1coc(CCNC(=NCc2cccs2)N2CCC3OCCCC3C2)c1. The van der Waals surface area contributed by atoms with Gasteiger partial charge in [0.1, 0.15) is 5.76 Å². The summed E-state index contributed by atoms with van der Waals surface area (Å²) in [6.45, 7) is 4.56. The number of halogens is 1. The Bertz CT molecular complexity index is 690. The van der Waals surface area contributed by atoms with E-state index in [1.54, 1.807) is 17.6 Å². The predicted molar refractivity (Wildman–Crippen MR) is 120 cm³/mol. The maximum Gasteiger partial charge on any atom is 0.194 e. The lowest BCUT2D eigenvalue weighted by molar-refractivity contribution is -0.0559. The van der Waals surface area contributed by atoms with E-state index < -0.39 is 0 Å². The first-order valence-electron chi connectivity index (χ1n) is 9.58. The Labute approximate surface area is 182 Å². The highest BCUT2D eigenvalue weighted by Crippen LogP contribution is 2.28. The molecule has 2 fully saturated rings. The van der Waals surface area contributed by atoms with Gasteiger partial charge in [0.15, 0.2) is 5.96 Å². The van der Waals surface area contributed by atoms with E-state index in [-0.39, 0.29) is 24.0 Å². The van der Waals surface area contributed by atoms with Crippen LogP contribution in [-0.4, -0.2) is 43.2 Å². The van der Waals surface area contributed by atoms with E-state index in [1.807, 2.05) is 12.1 Å². The molecule has 0 bridgehead atoms. The summed E-state index contributed by atoms with van der Waals surface area (Å²) in [6, 6.07) is 8.20. The minimum Gasteiger partial charge on any atom is -0.469 e. The highest BCUT2D eigenvalue weighted by molar-refractivity contribution is 14.0. The Balaban J connectivity index is 0.00000210. The number of nitrogens with zero attached hydrogens (tertiary/aromatic N) is 2. The van der Waals surface area contributed by atoms with Crippen molar-refractivity contribution in [2.75, 3.05) is 26.2 Å². The third kappa shape index (κ3) is 5.71. The van der Waals surface area contributed by atoms with Gasteiger partial charge in [0, 0.05) is 43.5 Å². The first-order valence-corrected chi connectivity index (χ1v) is 10.5. The number of aliphatic imine (C=N–C) groups is 1. The minimum atomic E-state index is 0. The summed E-state index contributed by atoms with van der Waals surface area (Å²) < 4.78 is 11.4. The maximum atomic E-state index is 5.96. The quantitative estimate of drug-likeness (QED) is 0.380. The van der Waals surface area contributed by atoms with Crippen molar-refractivity contribution in [1.82, 2.24) is 10.2 Å². The molecule has 5 nitrogen and oxygen atoms in total. The number of thiophene rings is 1. The molecule has 2 saturated heterocycles. The summed E-state index contributed by atoms with van der Waals surface area (Å²) in [5, 5.41) is 5.68.